The van der Waals surface area contributed by atoms with Gasteiger partial charge in [0.05, 0.1) is 4.47 Å². The van der Waals surface area contributed by atoms with Crippen LogP contribution in [-0.4, -0.2) is 0 Å². The molecule has 82 valence electrons. The minimum absolute atomic E-state index is 0.532. The number of halogens is 1. The molecule has 0 aromatic heterocycles. The summed E-state index contributed by atoms with van der Waals surface area (Å²) in [6, 6.07) is 15.5. The average Bonchev–Trinajstić information content (AvgIpc) is 2.33. The number of ether oxygens (including phenoxy) is 1. The van der Waals surface area contributed by atoms with E-state index in [1.165, 1.54) is 0 Å². The van der Waals surface area contributed by atoms with E-state index in [2.05, 4.69) is 15.9 Å². The van der Waals surface area contributed by atoms with E-state index in [4.69, 9.17) is 10.5 Å². The molecule has 2 N–H and O–H groups in total. The van der Waals surface area contributed by atoms with Crippen molar-refractivity contribution in [2.24, 2.45) is 5.73 Å². The van der Waals surface area contributed by atoms with Crippen LogP contribution in [0.3, 0.4) is 0 Å². The molecule has 2 aromatic carbocycles. The molecule has 0 spiro atoms. The molecule has 0 bridgehead atoms. The Morgan fingerprint density at radius 2 is 1.81 bits per heavy atom. The Kier molecular flexibility index (Phi) is 3.59. The zero-order valence-corrected chi connectivity index (χ0v) is 10.3. The highest BCUT2D eigenvalue weighted by Crippen LogP contribution is 2.30. The van der Waals surface area contributed by atoms with Crippen LogP contribution < -0.4 is 10.5 Å². The molecule has 16 heavy (non-hydrogen) atoms. The van der Waals surface area contributed by atoms with Crippen LogP contribution in [0.15, 0.2) is 53.0 Å². The molecule has 2 aromatic rings. The van der Waals surface area contributed by atoms with Crippen molar-refractivity contribution >= 4 is 15.9 Å². The molecule has 3 heteroatoms. The van der Waals surface area contributed by atoms with Gasteiger partial charge in [0.1, 0.15) is 11.5 Å². The van der Waals surface area contributed by atoms with Crippen LogP contribution in [-0.2, 0) is 6.54 Å². The summed E-state index contributed by atoms with van der Waals surface area (Å²) in [5, 5.41) is 0. The Labute approximate surface area is 103 Å². The summed E-state index contributed by atoms with van der Waals surface area (Å²) < 4.78 is 6.64. The summed E-state index contributed by atoms with van der Waals surface area (Å²) in [4.78, 5) is 0. The summed E-state index contributed by atoms with van der Waals surface area (Å²) in [5.74, 6) is 1.62. The zero-order chi connectivity index (χ0) is 11.4. The summed E-state index contributed by atoms with van der Waals surface area (Å²) in [6.45, 7) is 0.532. The van der Waals surface area contributed by atoms with Crippen LogP contribution >= 0.6 is 15.9 Å². The van der Waals surface area contributed by atoms with Crippen molar-refractivity contribution in [3.05, 3.63) is 58.6 Å². The molecule has 0 radical (unpaired) electrons. The third-order valence-corrected chi connectivity index (χ3v) is 2.82. The van der Waals surface area contributed by atoms with Crippen LogP contribution in [0.5, 0.6) is 11.5 Å². The maximum atomic E-state index is 5.72. The Balaban J connectivity index is 2.22. The van der Waals surface area contributed by atoms with E-state index in [0.29, 0.717) is 6.54 Å². The molecule has 2 rings (SSSR count). The van der Waals surface area contributed by atoms with Gasteiger partial charge in [0.15, 0.2) is 0 Å². The first-order valence-corrected chi connectivity index (χ1v) is 5.80. The Morgan fingerprint density at radius 3 is 2.44 bits per heavy atom. The van der Waals surface area contributed by atoms with Gasteiger partial charge in [-0.15, -0.1) is 0 Å². The molecule has 0 saturated carbocycles. The van der Waals surface area contributed by atoms with Crippen molar-refractivity contribution in [3.8, 4) is 11.5 Å². The molecule has 0 fully saturated rings. The Bertz CT molecular complexity index is 471. The van der Waals surface area contributed by atoms with E-state index in [-0.39, 0.29) is 0 Å². The van der Waals surface area contributed by atoms with Crippen LogP contribution in [0.4, 0.5) is 0 Å². The smallest absolute Gasteiger partial charge is 0.141 e. The van der Waals surface area contributed by atoms with Crippen molar-refractivity contribution in [1.29, 1.82) is 0 Å². The van der Waals surface area contributed by atoms with Crippen molar-refractivity contribution < 1.29 is 4.74 Å². The van der Waals surface area contributed by atoms with Crippen LogP contribution in [0.2, 0.25) is 0 Å². The van der Waals surface area contributed by atoms with E-state index in [1.54, 1.807) is 0 Å². The van der Waals surface area contributed by atoms with Gasteiger partial charge in [-0.25, -0.2) is 0 Å². The highest BCUT2D eigenvalue weighted by Gasteiger charge is 2.03. The third-order valence-electron chi connectivity index (χ3n) is 2.20. The first-order chi connectivity index (χ1) is 7.79. The van der Waals surface area contributed by atoms with Gasteiger partial charge in [0.25, 0.3) is 0 Å². The van der Waals surface area contributed by atoms with E-state index in [0.717, 1.165) is 21.5 Å². The summed E-state index contributed by atoms with van der Waals surface area (Å²) >= 11 is 3.46. The lowest BCUT2D eigenvalue weighted by Crippen LogP contribution is -1.96. The molecule has 0 atom stereocenters. The molecule has 0 aliphatic carbocycles. The minimum atomic E-state index is 0.532. The van der Waals surface area contributed by atoms with Crippen LogP contribution in [0.25, 0.3) is 0 Å². The molecule has 0 aliphatic heterocycles. The average molecular weight is 278 g/mol. The number of nitrogens with two attached hydrogens (primary N) is 1. The second kappa shape index (κ2) is 5.14. The van der Waals surface area contributed by atoms with E-state index in [1.807, 2.05) is 48.5 Å². The molecular formula is C13H12BrNO. The van der Waals surface area contributed by atoms with Gasteiger partial charge < -0.3 is 10.5 Å². The first-order valence-electron chi connectivity index (χ1n) is 5.01. The quantitative estimate of drug-likeness (QED) is 0.929. The number of hydrogen-bond donors (Lipinski definition) is 1. The minimum Gasteiger partial charge on any atom is -0.456 e. The van der Waals surface area contributed by atoms with Gasteiger partial charge in [-0.3, -0.25) is 0 Å². The molecular weight excluding hydrogens is 266 g/mol. The van der Waals surface area contributed by atoms with Gasteiger partial charge in [-0.2, -0.15) is 0 Å². The maximum absolute atomic E-state index is 5.72. The van der Waals surface area contributed by atoms with Crippen molar-refractivity contribution in [1.82, 2.24) is 0 Å². The zero-order valence-electron chi connectivity index (χ0n) is 8.69. The fraction of sp³-hybridized carbons (Fsp3) is 0.0769. The number of para-hydroxylation sites is 1. The first kappa shape index (κ1) is 11.2. The predicted molar refractivity (Wildman–Crippen MR) is 68.5 cm³/mol. The Hall–Kier alpha value is -1.32. The topological polar surface area (TPSA) is 35.2 Å². The SMILES string of the molecule is NCc1ccc(Oc2ccccc2)c(Br)c1. The standard InChI is InChI=1S/C13H12BrNO/c14-12-8-10(9-15)6-7-13(12)16-11-4-2-1-3-5-11/h1-8H,9,15H2. The molecule has 0 aliphatic rings. The fourth-order valence-electron chi connectivity index (χ4n) is 1.37. The maximum Gasteiger partial charge on any atom is 0.141 e. The van der Waals surface area contributed by atoms with Crippen LogP contribution in [0, 0.1) is 0 Å². The summed E-state index contributed by atoms with van der Waals surface area (Å²) in [5.41, 5.74) is 6.64. The van der Waals surface area contributed by atoms with Gasteiger partial charge in [0.2, 0.25) is 0 Å². The molecule has 0 heterocycles. The molecule has 0 saturated heterocycles. The van der Waals surface area contributed by atoms with E-state index in [9.17, 15) is 0 Å². The van der Waals surface area contributed by atoms with E-state index < -0.39 is 0 Å². The monoisotopic (exact) mass is 277 g/mol. The predicted octanol–water partition coefficient (Wildman–Crippen LogP) is 3.70. The second-order valence-electron chi connectivity index (χ2n) is 3.38. The van der Waals surface area contributed by atoms with Gasteiger partial charge in [-0.1, -0.05) is 24.3 Å². The van der Waals surface area contributed by atoms with Gasteiger partial charge in [-0.05, 0) is 45.8 Å². The summed E-state index contributed by atoms with van der Waals surface area (Å²) in [6.07, 6.45) is 0. The second-order valence-corrected chi connectivity index (χ2v) is 4.24. The lowest BCUT2D eigenvalue weighted by atomic mass is 10.2. The van der Waals surface area contributed by atoms with Gasteiger partial charge >= 0.3 is 0 Å². The van der Waals surface area contributed by atoms with Crippen molar-refractivity contribution in [2.45, 2.75) is 6.54 Å². The van der Waals surface area contributed by atoms with E-state index >= 15 is 0 Å². The number of rotatable bonds is 3. The Morgan fingerprint density at radius 1 is 1.06 bits per heavy atom. The number of hydrogen-bond acceptors (Lipinski definition) is 2. The fourth-order valence-corrected chi connectivity index (χ4v) is 1.88. The lowest BCUT2D eigenvalue weighted by molar-refractivity contribution is 0.479. The third kappa shape index (κ3) is 2.62. The lowest BCUT2D eigenvalue weighted by Gasteiger charge is -2.08. The normalized spacial score (nSPS) is 10.1. The summed E-state index contributed by atoms with van der Waals surface area (Å²) in [7, 11) is 0. The molecule has 0 unspecified atom stereocenters. The number of benzene rings is 2. The highest BCUT2D eigenvalue weighted by molar-refractivity contribution is 9.10. The van der Waals surface area contributed by atoms with Crippen molar-refractivity contribution in [2.75, 3.05) is 0 Å². The highest BCUT2D eigenvalue weighted by atomic mass is 79.9. The largest absolute Gasteiger partial charge is 0.456 e. The molecule has 0 amide bonds. The van der Waals surface area contributed by atoms with Crippen LogP contribution in [0.1, 0.15) is 5.56 Å². The molecule has 2 nitrogen and oxygen atoms in total. The van der Waals surface area contributed by atoms with Crippen molar-refractivity contribution in [3.63, 3.8) is 0 Å². The van der Waals surface area contributed by atoms with Gasteiger partial charge in [0, 0.05) is 6.54 Å².